The molecular formula is C15H22N4OS. The van der Waals surface area contributed by atoms with E-state index < -0.39 is 0 Å². The lowest BCUT2D eigenvalue weighted by molar-refractivity contribution is 0.222. The van der Waals surface area contributed by atoms with Gasteiger partial charge in [-0.05, 0) is 30.7 Å². The molecule has 2 atom stereocenters. The first-order valence-electron chi connectivity index (χ1n) is 7.68. The Morgan fingerprint density at radius 1 is 1.38 bits per heavy atom. The number of aliphatic hydroxyl groups is 1. The van der Waals surface area contributed by atoms with E-state index >= 15 is 0 Å². The van der Waals surface area contributed by atoms with Crippen molar-refractivity contribution in [3.05, 3.63) is 11.4 Å². The highest BCUT2D eigenvalue weighted by molar-refractivity contribution is 7.16. The second-order valence-corrected chi connectivity index (χ2v) is 6.48. The second-order valence-electron chi connectivity index (χ2n) is 5.59. The monoisotopic (exact) mass is 306 g/mol. The maximum Gasteiger partial charge on any atom is 0.226 e. The summed E-state index contributed by atoms with van der Waals surface area (Å²) in [6, 6.07) is 2.38. The quantitative estimate of drug-likeness (QED) is 0.765. The molecule has 0 bridgehead atoms. The number of anilines is 2. The average molecular weight is 306 g/mol. The first kappa shape index (κ1) is 14.5. The van der Waals surface area contributed by atoms with Crippen molar-refractivity contribution in [3.63, 3.8) is 0 Å². The fourth-order valence-electron chi connectivity index (χ4n) is 2.90. The first-order valence-corrected chi connectivity index (χ1v) is 8.56. The van der Waals surface area contributed by atoms with Gasteiger partial charge in [0.2, 0.25) is 5.95 Å². The molecule has 2 aromatic heterocycles. The van der Waals surface area contributed by atoms with Gasteiger partial charge in [0.1, 0.15) is 10.6 Å². The van der Waals surface area contributed by atoms with Crippen molar-refractivity contribution < 1.29 is 5.11 Å². The van der Waals surface area contributed by atoms with E-state index in [1.807, 2.05) is 5.38 Å². The Balaban J connectivity index is 1.87. The summed E-state index contributed by atoms with van der Waals surface area (Å²) in [4.78, 5) is 10.2. The van der Waals surface area contributed by atoms with E-state index in [9.17, 15) is 5.11 Å². The number of hydrogen-bond acceptors (Lipinski definition) is 6. The highest BCUT2D eigenvalue weighted by Crippen LogP contribution is 2.32. The molecule has 21 heavy (non-hydrogen) atoms. The van der Waals surface area contributed by atoms with Crippen molar-refractivity contribution in [3.8, 4) is 0 Å². The molecule has 2 heterocycles. The minimum Gasteiger partial charge on any atom is -0.396 e. The van der Waals surface area contributed by atoms with Crippen molar-refractivity contribution >= 4 is 33.3 Å². The topological polar surface area (TPSA) is 70.1 Å². The van der Waals surface area contributed by atoms with Crippen LogP contribution in [0.2, 0.25) is 0 Å². The minimum atomic E-state index is 0.246. The van der Waals surface area contributed by atoms with Gasteiger partial charge >= 0.3 is 0 Å². The third-order valence-corrected chi connectivity index (χ3v) is 4.88. The molecule has 2 unspecified atom stereocenters. The van der Waals surface area contributed by atoms with Crippen LogP contribution in [0.15, 0.2) is 11.4 Å². The molecule has 0 aromatic carbocycles. The van der Waals surface area contributed by atoms with E-state index in [1.54, 1.807) is 11.3 Å². The Bertz CT molecular complexity index is 600. The lowest BCUT2D eigenvalue weighted by Gasteiger charge is -2.20. The van der Waals surface area contributed by atoms with E-state index in [0.717, 1.165) is 41.8 Å². The molecule has 0 saturated heterocycles. The van der Waals surface area contributed by atoms with E-state index in [2.05, 4.69) is 33.6 Å². The zero-order valence-corrected chi connectivity index (χ0v) is 13.1. The van der Waals surface area contributed by atoms with E-state index in [-0.39, 0.29) is 6.61 Å². The predicted molar refractivity (Wildman–Crippen MR) is 88.0 cm³/mol. The van der Waals surface area contributed by atoms with Gasteiger partial charge in [-0.25, -0.2) is 4.98 Å². The number of nitrogens with zero attached hydrogens (tertiary/aromatic N) is 2. The molecule has 6 heteroatoms. The largest absolute Gasteiger partial charge is 0.396 e. The van der Waals surface area contributed by atoms with Gasteiger partial charge in [0, 0.05) is 25.1 Å². The van der Waals surface area contributed by atoms with Gasteiger partial charge in [0.25, 0.3) is 0 Å². The minimum absolute atomic E-state index is 0.246. The normalized spacial score (nSPS) is 21.8. The van der Waals surface area contributed by atoms with Gasteiger partial charge in [-0.1, -0.05) is 13.3 Å². The maximum atomic E-state index is 9.48. The number of nitrogens with one attached hydrogen (secondary N) is 2. The van der Waals surface area contributed by atoms with Gasteiger partial charge in [-0.3, -0.25) is 0 Å². The summed E-state index contributed by atoms with van der Waals surface area (Å²) in [6.45, 7) is 3.25. The fourth-order valence-corrected chi connectivity index (χ4v) is 3.67. The molecule has 1 saturated carbocycles. The van der Waals surface area contributed by atoms with Crippen LogP contribution in [-0.2, 0) is 0 Å². The highest BCUT2D eigenvalue weighted by Gasteiger charge is 2.27. The van der Waals surface area contributed by atoms with E-state index in [4.69, 9.17) is 0 Å². The van der Waals surface area contributed by atoms with Crippen LogP contribution in [0.4, 0.5) is 11.8 Å². The summed E-state index contributed by atoms with van der Waals surface area (Å²) in [5.41, 5.74) is 0. The SMILES string of the molecule is CCCNc1nc(NC2CCCC2CO)c2ccsc2n1. The molecule has 1 aliphatic rings. The summed E-state index contributed by atoms with van der Waals surface area (Å²) in [5, 5.41) is 19.4. The van der Waals surface area contributed by atoms with Crippen molar-refractivity contribution in [2.45, 2.75) is 38.6 Å². The van der Waals surface area contributed by atoms with Crippen molar-refractivity contribution in [2.75, 3.05) is 23.8 Å². The van der Waals surface area contributed by atoms with Crippen LogP contribution < -0.4 is 10.6 Å². The van der Waals surface area contributed by atoms with Crippen molar-refractivity contribution in [1.29, 1.82) is 0 Å². The molecule has 2 aromatic rings. The summed E-state index contributed by atoms with van der Waals surface area (Å²) >= 11 is 1.63. The Hall–Kier alpha value is -1.40. The lowest BCUT2D eigenvalue weighted by Crippen LogP contribution is -2.27. The first-order chi connectivity index (χ1) is 10.3. The summed E-state index contributed by atoms with van der Waals surface area (Å²) < 4.78 is 0. The number of aromatic nitrogens is 2. The molecule has 1 aliphatic carbocycles. The third-order valence-electron chi connectivity index (χ3n) is 4.07. The van der Waals surface area contributed by atoms with Gasteiger partial charge in [0.15, 0.2) is 0 Å². The van der Waals surface area contributed by atoms with Crippen molar-refractivity contribution in [2.24, 2.45) is 5.92 Å². The zero-order valence-electron chi connectivity index (χ0n) is 12.3. The molecule has 1 fully saturated rings. The van der Waals surface area contributed by atoms with E-state index in [0.29, 0.717) is 17.9 Å². The molecule has 3 rings (SSSR count). The number of rotatable bonds is 6. The van der Waals surface area contributed by atoms with Gasteiger partial charge in [-0.15, -0.1) is 11.3 Å². The van der Waals surface area contributed by atoms with Crippen LogP contribution in [0.25, 0.3) is 10.2 Å². The number of hydrogen-bond donors (Lipinski definition) is 3. The van der Waals surface area contributed by atoms with Crippen LogP contribution in [0.3, 0.4) is 0 Å². The Labute approximate surface area is 128 Å². The summed E-state index contributed by atoms with van der Waals surface area (Å²) in [7, 11) is 0. The molecule has 114 valence electrons. The average Bonchev–Trinajstić information content (AvgIpc) is 3.13. The van der Waals surface area contributed by atoms with Crippen LogP contribution in [0.5, 0.6) is 0 Å². The standard InChI is InChI=1S/C15H22N4OS/c1-2-7-16-15-18-13(11-6-8-21-14(11)19-15)17-12-5-3-4-10(12)9-20/h6,8,10,12,20H,2-5,7,9H2,1H3,(H2,16,17,18,19). The predicted octanol–water partition coefficient (Wildman–Crippen LogP) is 3.09. The molecular weight excluding hydrogens is 284 g/mol. The third kappa shape index (κ3) is 3.11. The Kier molecular flexibility index (Phi) is 4.55. The Morgan fingerprint density at radius 3 is 3.10 bits per heavy atom. The van der Waals surface area contributed by atoms with Crippen molar-refractivity contribution in [1.82, 2.24) is 9.97 Å². The molecule has 5 nitrogen and oxygen atoms in total. The summed E-state index contributed by atoms with van der Waals surface area (Å²) in [5.74, 6) is 1.92. The number of fused-ring (bicyclic) bond motifs is 1. The second kappa shape index (κ2) is 6.58. The van der Waals surface area contributed by atoms with Crippen LogP contribution in [0, 0.1) is 5.92 Å². The van der Waals surface area contributed by atoms with Gasteiger partial charge < -0.3 is 15.7 Å². The van der Waals surface area contributed by atoms with E-state index in [1.165, 1.54) is 6.42 Å². The van der Waals surface area contributed by atoms with Gasteiger partial charge in [0.05, 0.1) is 5.39 Å². The number of thiophene rings is 1. The molecule has 0 spiro atoms. The highest BCUT2D eigenvalue weighted by atomic mass is 32.1. The van der Waals surface area contributed by atoms with Crippen LogP contribution in [-0.4, -0.2) is 34.3 Å². The smallest absolute Gasteiger partial charge is 0.226 e. The maximum absolute atomic E-state index is 9.48. The fraction of sp³-hybridized carbons (Fsp3) is 0.600. The summed E-state index contributed by atoms with van der Waals surface area (Å²) in [6.07, 6.45) is 4.40. The van der Waals surface area contributed by atoms with Crippen LogP contribution >= 0.6 is 11.3 Å². The molecule has 0 radical (unpaired) electrons. The lowest BCUT2D eigenvalue weighted by atomic mass is 10.1. The zero-order chi connectivity index (χ0) is 14.7. The Morgan fingerprint density at radius 2 is 2.29 bits per heavy atom. The molecule has 0 aliphatic heterocycles. The number of aliphatic hydroxyl groups excluding tert-OH is 1. The molecule has 0 amide bonds. The van der Waals surface area contributed by atoms with Crippen LogP contribution in [0.1, 0.15) is 32.6 Å². The molecule has 3 N–H and O–H groups in total. The van der Waals surface area contributed by atoms with Gasteiger partial charge in [-0.2, -0.15) is 4.98 Å².